The molecule has 3 rings (SSSR count). The molecule has 108 valence electrons. The van der Waals surface area contributed by atoms with Crippen LogP contribution < -0.4 is 16.4 Å². The molecule has 1 saturated heterocycles. The lowest BCUT2D eigenvalue weighted by molar-refractivity contribution is 0.139. The molecule has 0 aliphatic carbocycles. The van der Waals surface area contributed by atoms with Crippen molar-refractivity contribution in [2.45, 2.75) is 19.4 Å². The van der Waals surface area contributed by atoms with Crippen molar-refractivity contribution in [2.24, 2.45) is 0 Å². The van der Waals surface area contributed by atoms with Crippen molar-refractivity contribution in [3.63, 3.8) is 0 Å². The molecular weight excluding hydrogens is 256 g/mol. The molecule has 1 aliphatic rings. The Kier molecular flexibility index (Phi) is 2.79. The number of nitrogens with two attached hydrogens (primary N) is 1. The number of hydrogen-bond acceptors (Lipinski definition) is 5. The van der Waals surface area contributed by atoms with Crippen LogP contribution in [0.2, 0.25) is 0 Å². The van der Waals surface area contributed by atoms with E-state index in [-0.39, 0.29) is 5.54 Å². The van der Waals surface area contributed by atoms with Gasteiger partial charge in [-0.1, -0.05) is 0 Å². The maximum atomic E-state index is 11.3. The monoisotopic (exact) mass is 276 g/mol. The summed E-state index contributed by atoms with van der Waals surface area (Å²) in [6, 6.07) is 3.62. The van der Waals surface area contributed by atoms with Gasteiger partial charge in [0.2, 0.25) is 0 Å². The maximum Gasteiger partial charge on any atom is 0.417 e. The first-order valence-electron chi connectivity index (χ1n) is 6.75. The van der Waals surface area contributed by atoms with Crippen molar-refractivity contribution >= 4 is 22.5 Å². The summed E-state index contributed by atoms with van der Waals surface area (Å²) < 4.78 is 5.03. The smallest absolute Gasteiger partial charge is 0.408 e. The Morgan fingerprint density at radius 2 is 2.10 bits per heavy atom. The van der Waals surface area contributed by atoms with Crippen molar-refractivity contribution in [2.75, 3.05) is 37.3 Å². The van der Waals surface area contributed by atoms with Crippen LogP contribution in [0.15, 0.2) is 21.3 Å². The van der Waals surface area contributed by atoms with E-state index in [0.29, 0.717) is 16.8 Å². The number of piperazine rings is 1. The van der Waals surface area contributed by atoms with Gasteiger partial charge >= 0.3 is 5.76 Å². The Morgan fingerprint density at radius 1 is 1.35 bits per heavy atom. The Hall–Kier alpha value is -1.95. The zero-order chi connectivity index (χ0) is 14.5. The molecule has 1 aliphatic heterocycles. The van der Waals surface area contributed by atoms with Crippen LogP contribution in [0.25, 0.3) is 11.1 Å². The number of nitrogens with one attached hydrogen (secondary N) is 1. The average molecular weight is 276 g/mol. The van der Waals surface area contributed by atoms with Crippen molar-refractivity contribution in [1.82, 2.24) is 9.88 Å². The lowest BCUT2D eigenvalue weighted by Crippen LogP contribution is -2.57. The first kappa shape index (κ1) is 13.1. The normalized spacial score (nSPS) is 19.6. The summed E-state index contributed by atoms with van der Waals surface area (Å²) in [5.41, 5.74) is 8.99. The summed E-state index contributed by atoms with van der Waals surface area (Å²) in [5.74, 6) is -0.449. The zero-order valence-corrected chi connectivity index (χ0v) is 12.1. The van der Waals surface area contributed by atoms with Gasteiger partial charge in [0.1, 0.15) is 0 Å². The van der Waals surface area contributed by atoms with Crippen LogP contribution in [0.4, 0.5) is 11.4 Å². The van der Waals surface area contributed by atoms with Crippen LogP contribution in [0.1, 0.15) is 13.8 Å². The van der Waals surface area contributed by atoms with E-state index in [0.717, 1.165) is 25.3 Å². The molecule has 0 unspecified atom stereocenters. The zero-order valence-electron chi connectivity index (χ0n) is 12.1. The van der Waals surface area contributed by atoms with Crippen LogP contribution in [0.3, 0.4) is 0 Å². The number of nitrogen functional groups attached to an aromatic ring is 1. The second-order valence-corrected chi connectivity index (χ2v) is 6.08. The molecule has 0 amide bonds. The number of H-pyrrole nitrogens is 1. The molecule has 6 nitrogen and oxygen atoms in total. The summed E-state index contributed by atoms with van der Waals surface area (Å²) in [6.07, 6.45) is 0. The van der Waals surface area contributed by atoms with Crippen molar-refractivity contribution in [1.29, 1.82) is 0 Å². The molecule has 2 aromatic rings. The molecule has 1 aromatic heterocycles. The van der Waals surface area contributed by atoms with Crippen molar-refractivity contribution < 1.29 is 4.42 Å². The SMILES string of the molecule is CN1CCN(c2cc3[nH]c(=O)oc3cc2N)CC1(C)C. The number of oxazole rings is 1. The van der Waals surface area contributed by atoms with E-state index >= 15 is 0 Å². The summed E-state index contributed by atoms with van der Waals surface area (Å²) >= 11 is 0. The fraction of sp³-hybridized carbons (Fsp3) is 0.500. The predicted molar refractivity (Wildman–Crippen MR) is 80.2 cm³/mol. The summed E-state index contributed by atoms with van der Waals surface area (Å²) in [6.45, 7) is 7.21. The van der Waals surface area contributed by atoms with Gasteiger partial charge in [0.05, 0.1) is 16.9 Å². The highest BCUT2D eigenvalue weighted by atomic mass is 16.4. The first-order chi connectivity index (χ1) is 9.37. The molecule has 20 heavy (non-hydrogen) atoms. The first-order valence-corrected chi connectivity index (χ1v) is 6.75. The Morgan fingerprint density at radius 3 is 2.80 bits per heavy atom. The lowest BCUT2D eigenvalue weighted by atomic mass is 9.99. The molecule has 0 bridgehead atoms. The van der Waals surface area contributed by atoms with Gasteiger partial charge in [-0.2, -0.15) is 0 Å². The third-order valence-corrected chi connectivity index (χ3v) is 4.23. The van der Waals surface area contributed by atoms with E-state index in [1.165, 1.54) is 0 Å². The summed E-state index contributed by atoms with van der Waals surface area (Å²) in [5, 5.41) is 0. The van der Waals surface area contributed by atoms with Gasteiger partial charge in [-0.05, 0) is 27.0 Å². The van der Waals surface area contributed by atoms with Gasteiger partial charge in [-0.15, -0.1) is 0 Å². The number of hydrogen-bond donors (Lipinski definition) is 2. The standard InChI is InChI=1S/C14H20N4O2/c1-14(2)8-18(5-4-17(14)3)11-7-10-12(6-9(11)15)20-13(19)16-10/h6-7H,4-5,8,15H2,1-3H3,(H,16,19). The number of aromatic nitrogens is 1. The fourth-order valence-corrected chi connectivity index (χ4v) is 2.72. The topological polar surface area (TPSA) is 78.5 Å². The summed E-state index contributed by atoms with van der Waals surface area (Å²) in [4.78, 5) is 18.5. The number of benzene rings is 1. The quantitative estimate of drug-likeness (QED) is 0.766. The number of likely N-dealkylation sites (N-methyl/N-ethyl adjacent to an activating group) is 1. The van der Waals surface area contributed by atoms with E-state index in [4.69, 9.17) is 10.2 Å². The Balaban J connectivity index is 2.01. The number of nitrogens with zero attached hydrogens (tertiary/aromatic N) is 2. The van der Waals surface area contributed by atoms with E-state index in [1.807, 2.05) is 6.07 Å². The lowest BCUT2D eigenvalue weighted by Gasteiger charge is -2.46. The minimum atomic E-state index is -0.449. The molecular formula is C14H20N4O2. The van der Waals surface area contributed by atoms with E-state index in [9.17, 15) is 4.79 Å². The van der Waals surface area contributed by atoms with E-state index < -0.39 is 5.76 Å². The third kappa shape index (κ3) is 2.06. The molecule has 0 saturated carbocycles. The number of aromatic amines is 1. The predicted octanol–water partition coefficient (Wildman–Crippen LogP) is 1.23. The number of anilines is 2. The van der Waals surface area contributed by atoms with Crippen LogP contribution in [-0.2, 0) is 0 Å². The highest BCUT2D eigenvalue weighted by Gasteiger charge is 2.31. The van der Waals surface area contributed by atoms with Gasteiger partial charge < -0.3 is 15.1 Å². The maximum absolute atomic E-state index is 11.3. The van der Waals surface area contributed by atoms with Gasteiger partial charge in [-0.25, -0.2) is 4.79 Å². The van der Waals surface area contributed by atoms with Gasteiger partial charge in [-0.3, -0.25) is 9.88 Å². The Bertz CT molecular complexity index is 701. The highest BCUT2D eigenvalue weighted by molar-refractivity contribution is 5.85. The van der Waals surface area contributed by atoms with Crippen molar-refractivity contribution in [3.05, 3.63) is 22.7 Å². The van der Waals surface area contributed by atoms with Crippen LogP contribution in [-0.4, -0.2) is 42.1 Å². The minimum Gasteiger partial charge on any atom is -0.408 e. The number of fused-ring (bicyclic) bond motifs is 1. The molecule has 1 fully saturated rings. The highest BCUT2D eigenvalue weighted by Crippen LogP contribution is 2.31. The van der Waals surface area contributed by atoms with Crippen LogP contribution in [0.5, 0.6) is 0 Å². The fourth-order valence-electron chi connectivity index (χ4n) is 2.72. The molecule has 2 heterocycles. The largest absolute Gasteiger partial charge is 0.417 e. The molecule has 1 aromatic carbocycles. The molecule has 6 heteroatoms. The summed E-state index contributed by atoms with van der Waals surface area (Å²) in [7, 11) is 2.14. The van der Waals surface area contributed by atoms with Gasteiger partial charge in [0, 0.05) is 31.2 Å². The van der Waals surface area contributed by atoms with E-state index in [1.54, 1.807) is 6.07 Å². The molecule has 0 atom stereocenters. The van der Waals surface area contributed by atoms with E-state index in [2.05, 4.69) is 35.7 Å². The molecule has 0 radical (unpaired) electrons. The second kappa shape index (κ2) is 4.28. The molecule has 0 spiro atoms. The third-order valence-electron chi connectivity index (χ3n) is 4.23. The number of rotatable bonds is 1. The average Bonchev–Trinajstić information content (AvgIpc) is 2.71. The van der Waals surface area contributed by atoms with Crippen molar-refractivity contribution in [3.8, 4) is 0 Å². The van der Waals surface area contributed by atoms with Gasteiger partial charge in [0.25, 0.3) is 0 Å². The minimum absolute atomic E-state index is 0.0868. The van der Waals surface area contributed by atoms with Crippen LogP contribution >= 0.6 is 0 Å². The van der Waals surface area contributed by atoms with Crippen LogP contribution in [0, 0.1) is 0 Å². The molecule has 3 N–H and O–H groups in total. The Labute approximate surface area is 117 Å². The van der Waals surface area contributed by atoms with Gasteiger partial charge in [0.15, 0.2) is 5.58 Å². The second-order valence-electron chi connectivity index (χ2n) is 6.08.